The first-order valence-electron chi connectivity index (χ1n) is 12.6. The van der Waals surface area contributed by atoms with Gasteiger partial charge in [-0.1, -0.05) is 116 Å². The van der Waals surface area contributed by atoms with Gasteiger partial charge in [-0.05, 0) is 41.8 Å². The monoisotopic (exact) mass is 477 g/mol. The van der Waals surface area contributed by atoms with E-state index in [1.165, 1.54) is 0 Å². The second kappa shape index (κ2) is 10.3. The normalized spacial score (nSPS) is 13.4. The number of rotatable bonds is 10. The van der Waals surface area contributed by atoms with Crippen LogP contribution in [0.25, 0.3) is 11.0 Å². The van der Waals surface area contributed by atoms with Gasteiger partial charge in [-0.25, -0.2) is 0 Å². The second-order valence-electron chi connectivity index (χ2n) is 9.09. The van der Waals surface area contributed by atoms with E-state index in [1.807, 2.05) is 115 Å². The molecule has 1 aromatic heterocycles. The van der Waals surface area contributed by atoms with E-state index in [2.05, 4.69) is 17.2 Å². The van der Waals surface area contributed by atoms with Crippen molar-refractivity contribution in [2.75, 3.05) is 0 Å². The minimum absolute atomic E-state index is 0.517. The highest BCUT2D eigenvalue weighted by Gasteiger charge is 2.57. The Hall–Kier alpha value is -3.96. The molecule has 1 unspecified atom stereocenters. The molecule has 1 N–H and O–H groups in total. The van der Waals surface area contributed by atoms with E-state index >= 15 is 0 Å². The number of fused-ring (bicyclic) bond motifs is 1. The van der Waals surface area contributed by atoms with Crippen molar-refractivity contribution in [3.05, 3.63) is 126 Å². The summed E-state index contributed by atoms with van der Waals surface area (Å²) in [7, 11) is 0. The van der Waals surface area contributed by atoms with Crippen LogP contribution in [0.15, 0.2) is 115 Å². The molecular formula is C31H31N3O2. The molecule has 4 aromatic carbocycles. The Morgan fingerprint density at radius 2 is 1.28 bits per heavy atom. The van der Waals surface area contributed by atoms with Crippen molar-refractivity contribution in [1.29, 1.82) is 0 Å². The van der Waals surface area contributed by atoms with Crippen LogP contribution in [0.4, 0.5) is 0 Å². The molecule has 5 nitrogen and oxygen atoms in total. The van der Waals surface area contributed by atoms with Crippen molar-refractivity contribution in [2.24, 2.45) is 0 Å². The van der Waals surface area contributed by atoms with Gasteiger partial charge in [-0.15, -0.1) is 5.10 Å². The van der Waals surface area contributed by atoms with Crippen molar-refractivity contribution < 1.29 is 9.84 Å². The number of para-hydroxylation sites is 2. The van der Waals surface area contributed by atoms with Gasteiger partial charge in [0.05, 0.1) is 5.52 Å². The molecular weight excluding hydrogens is 446 g/mol. The zero-order valence-electron chi connectivity index (χ0n) is 20.5. The van der Waals surface area contributed by atoms with Crippen LogP contribution in [0.1, 0.15) is 43.7 Å². The zero-order chi connectivity index (χ0) is 24.8. The molecule has 5 heteroatoms. The topological polar surface area (TPSA) is 60.2 Å². The van der Waals surface area contributed by atoms with Crippen LogP contribution in [-0.2, 0) is 11.3 Å². The van der Waals surface area contributed by atoms with Gasteiger partial charge in [0.2, 0.25) is 5.72 Å². The third-order valence-electron chi connectivity index (χ3n) is 6.79. The van der Waals surface area contributed by atoms with Gasteiger partial charge in [0.15, 0.2) is 5.60 Å². The molecule has 0 bridgehead atoms. The maximum absolute atomic E-state index is 13.1. The Balaban J connectivity index is 1.86. The predicted octanol–water partition coefficient (Wildman–Crippen LogP) is 6.68. The molecule has 182 valence electrons. The fourth-order valence-corrected chi connectivity index (χ4v) is 5.02. The van der Waals surface area contributed by atoms with E-state index in [9.17, 15) is 5.11 Å². The number of hydrogen-bond donors (Lipinski definition) is 1. The molecule has 0 fully saturated rings. The standard InChI is InChI=1S/C31H31N3O2/c1-2-3-15-24-30(36-27-20-11-6-12-21-27,34-29-23-14-13-22-28(29)32-33-34)31(35,25-16-7-4-8-17-25)26-18-9-5-10-19-26/h4-14,16-23,35H,2-3,15,24H2,1H3. The van der Waals surface area contributed by atoms with Crippen LogP contribution in [0.3, 0.4) is 0 Å². The Kier molecular flexibility index (Phi) is 6.83. The van der Waals surface area contributed by atoms with Gasteiger partial charge in [0.1, 0.15) is 11.3 Å². The van der Waals surface area contributed by atoms with Crippen molar-refractivity contribution in [3.63, 3.8) is 0 Å². The van der Waals surface area contributed by atoms with E-state index in [1.54, 1.807) is 4.68 Å². The highest BCUT2D eigenvalue weighted by molar-refractivity contribution is 5.74. The van der Waals surface area contributed by atoms with Crippen molar-refractivity contribution in [1.82, 2.24) is 15.0 Å². The van der Waals surface area contributed by atoms with Gasteiger partial charge in [-0.3, -0.25) is 0 Å². The SMILES string of the molecule is CCCCCC(Oc1ccccc1)(n1nnc2ccccc21)C(O)(c1ccccc1)c1ccccc1. The number of aliphatic hydroxyl groups is 1. The highest BCUT2D eigenvalue weighted by atomic mass is 16.5. The molecule has 0 aliphatic rings. The van der Waals surface area contributed by atoms with E-state index in [-0.39, 0.29) is 0 Å². The summed E-state index contributed by atoms with van der Waals surface area (Å²) in [5.41, 5.74) is 0.0805. The first-order valence-corrected chi connectivity index (χ1v) is 12.6. The first kappa shape index (κ1) is 23.8. The van der Waals surface area contributed by atoms with Crippen LogP contribution < -0.4 is 4.74 Å². The molecule has 0 aliphatic heterocycles. The number of nitrogens with zero attached hydrogens (tertiary/aromatic N) is 3. The maximum atomic E-state index is 13.1. The molecule has 0 spiro atoms. The molecule has 36 heavy (non-hydrogen) atoms. The summed E-state index contributed by atoms with van der Waals surface area (Å²) >= 11 is 0. The van der Waals surface area contributed by atoms with Crippen LogP contribution >= 0.6 is 0 Å². The lowest BCUT2D eigenvalue weighted by atomic mass is 9.75. The van der Waals surface area contributed by atoms with Crippen LogP contribution in [0, 0.1) is 0 Å². The first-order chi connectivity index (χ1) is 17.7. The molecule has 5 rings (SSSR count). The molecule has 5 aromatic rings. The molecule has 1 atom stereocenters. The summed E-state index contributed by atoms with van der Waals surface area (Å²) in [6.45, 7) is 2.17. The quantitative estimate of drug-likeness (QED) is 0.228. The number of benzene rings is 4. The summed E-state index contributed by atoms with van der Waals surface area (Å²) in [4.78, 5) is 0. The summed E-state index contributed by atoms with van der Waals surface area (Å²) in [6, 6.07) is 37.0. The number of aromatic nitrogens is 3. The van der Waals surface area contributed by atoms with Crippen LogP contribution in [0.5, 0.6) is 5.75 Å². The van der Waals surface area contributed by atoms with Gasteiger partial charge >= 0.3 is 0 Å². The minimum Gasteiger partial charge on any atom is -0.462 e. The maximum Gasteiger partial charge on any atom is 0.240 e. The van der Waals surface area contributed by atoms with Crippen molar-refractivity contribution in [2.45, 2.75) is 43.9 Å². The van der Waals surface area contributed by atoms with Crippen molar-refractivity contribution >= 4 is 11.0 Å². The minimum atomic E-state index is -1.59. The van der Waals surface area contributed by atoms with Gasteiger partial charge < -0.3 is 9.84 Å². The Morgan fingerprint density at radius 1 is 0.722 bits per heavy atom. The Bertz CT molecular complexity index is 1350. The average Bonchev–Trinajstić information content (AvgIpc) is 3.38. The Labute approximate surface area is 212 Å². The highest BCUT2D eigenvalue weighted by Crippen LogP contribution is 2.49. The van der Waals surface area contributed by atoms with E-state index < -0.39 is 11.3 Å². The number of ether oxygens (including phenoxy) is 1. The lowest BCUT2D eigenvalue weighted by molar-refractivity contribution is -0.180. The van der Waals surface area contributed by atoms with Gasteiger partial charge in [-0.2, -0.15) is 4.68 Å². The fraction of sp³-hybridized carbons (Fsp3) is 0.226. The predicted molar refractivity (Wildman–Crippen MR) is 143 cm³/mol. The summed E-state index contributed by atoms with van der Waals surface area (Å²) in [5.74, 6) is 0.652. The lowest BCUT2D eigenvalue weighted by Crippen LogP contribution is -2.58. The molecule has 0 saturated carbocycles. The van der Waals surface area contributed by atoms with E-state index in [0.29, 0.717) is 12.2 Å². The molecule has 0 amide bonds. The fourth-order valence-electron chi connectivity index (χ4n) is 5.02. The summed E-state index contributed by atoms with van der Waals surface area (Å²) in [6.07, 6.45) is 3.38. The summed E-state index contributed by atoms with van der Waals surface area (Å²) < 4.78 is 8.78. The smallest absolute Gasteiger partial charge is 0.240 e. The third-order valence-corrected chi connectivity index (χ3v) is 6.79. The van der Waals surface area contributed by atoms with Crippen LogP contribution in [0.2, 0.25) is 0 Å². The van der Waals surface area contributed by atoms with Crippen LogP contribution in [-0.4, -0.2) is 20.1 Å². The lowest BCUT2D eigenvalue weighted by Gasteiger charge is -2.47. The number of hydrogen-bond acceptors (Lipinski definition) is 4. The zero-order valence-corrected chi connectivity index (χ0v) is 20.5. The molecule has 0 aliphatic carbocycles. The largest absolute Gasteiger partial charge is 0.462 e. The molecule has 1 heterocycles. The van der Waals surface area contributed by atoms with Crippen molar-refractivity contribution in [3.8, 4) is 5.75 Å². The van der Waals surface area contributed by atoms with E-state index in [0.717, 1.165) is 41.4 Å². The number of unbranched alkanes of at least 4 members (excludes halogenated alkanes) is 2. The average molecular weight is 478 g/mol. The van der Waals surface area contributed by atoms with Gasteiger partial charge in [0.25, 0.3) is 0 Å². The second-order valence-corrected chi connectivity index (χ2v) is 9.09. The Morgan fingerprint density at radius 3 is 1.89 bits per heavy atom. The van der Waals surface area contributed by atoms with E-state index in [4.69, 9.17) is 4.74 Å². The molecule has 0 saturated heterocycles. The third kappa shape index (κ3) is 4.16. The molecule has 0 radical (unpaired) electrons. The summed E-state index contributed by atoms with van der Waals surface area (Å²) in [5, 5.41) is 22.3. The van der Waals surface area contributed by atoms with Gasteiger partial charge in [0, 0.05) is 6.42 Å².